The molecule has 0 spiro atoms. The van der Waals surface area contributed by atoms with E-state index in [0.717, 1.165) is 0 Å². The zero-order valence-corrected chi connectivity index (χ0v) is 12.1. The Balaban J connectivity index is 2.73. The molecule has 2 unspecified atom stereocenters. The molecule has 0 aliphatic rings. The van der Waals surface area contributed by atoms with E-state index in [1.807, 2.05) is 0 Å². The Bertz CT molecular complexity index is 490. The number of anilines is 1. The first-order valence-electron chi connectivity index (χ1n) is 6.28. The van der Waals surface area contributed by atoms with E-state index in [9.17, 15) is 9.59 Å². The molecule has 110 valence electrons. The second kappa shape index (κ2) is 6.79. The predicted molar refractivity (Wildman–Crippen MR) is 76.2 cm³/mol. The highest BCUT2D eigenvalue weighted by molar-refractivity contribution is 5.92. The van der Waals surface area contributed by atoms with Crippen molar-refractivity contribution in [2.24, 2.45) is 5.92 Å². The largest absolute Gasteiger partial charge is 0.497 e. The summed E-state index contributed by atoms with van der Waals surface area (Å²) in [6.07, 6.45) is 0. The monoisotopic (exact) mass is 280 g/mol. The average molecular weight is 280 g/mol. The number of carbonyl (C=O) groups excluding carboxylic acids is 1. The third-order valence-corrected chi connectivity index (χ3v) is 3.24. The fraction of sp³-hybridized carbons (Fsp3) is 0.429. The minimum absolute atomic E-state index is 0.362. The minimum Gasteiger partial charge on any atom is -0.497 e. The standard InChI is InChI=1S/C14H20N2O4/c1-9(13(17)18)10(2)15-14(19)16(3)11-6-5-7-12(8-11)20-4/h5-10H,1-4H3,(H,15,19)(H,17,18). The molecule has 6 nitrogen and oxygen atoms in total. The van der Waals surface area contributed by atoms with Crippen LogP contribution in [0, 0.1) is 5.92 Å². The Labute approximate surface area is 118 Å². The number of urea groups is 1. The van der Waals surface area contributed by atoms with Gasteiger partial charge in [-0.15, -0.1) is 0 Å². The van der Waals surface area contributed by atoms with Crippen molar-refractivity contribution in [2.75, 3.05) is 19.1 Å². The summed E-state index contributed by atoms with van der Waals surface area (Å²) in [7, 11) is 3.16. The lowest BCUT2D eigenvalue weighted by Crippen LogP contribution is -2.46. The number of benzene rings is 1. The van der Waals surface area contributed by atoms with E-state index in [4.69, 9.17) is 9.84 Å². The molecule has 6 heteroatoms. The molecular formula is C14H20N2O4. The lowest BCUT2D eigenvalue weighted by atomic mass is 10.0. The first-order chi connectivity index (χ1) is 9.36. The number of rotatable bonds is 5. The molecule has 0 bridgehead atoms. The summed E-state index contributed by atoms with van der Waals surface area (Å²) in [6, 6.07) is 6.23. The van der Waals surface area contributed by atoms with Gasteiger partial charge in [-0.05, 0) is 26.0 Å². The van der Waals surface area contributed by atoms with Gasteiger partial charge in [0.2, 0.25) is 0 Å². The Morgan fingerprint density at radius 2 is 2.00 bits per heavy atom. The number of aliphatic carboxylic acids is 1. The summed E-state index contributed by atoms with van der Waals surface area (Å²) in [5, 5.41) is 11.6. The lowest BCUT2D eigenvalue weighted by Gasteiger charge is -2.23. The smallest absolute Gasteiger partial charge is 0.321 e. The number of methoxy groups -OCH3 is 1. The van der Waals surface area contributed by atoms with Crippen molar-refractivity contribution in [1.29, 1.82) is 0 Å². The van der Waals surface area contributed by atoms with Gasteiger partial charge in [0.1, 0.15) is 5.75 Å². The Morgan fingerprint density at radius 1 is 1.35 bits per heavy atom. The summed E-state index contributed by atoms with van der Waals surface area (Å²) in [5.74, 6) is -0.950. The van der Waals surface area contributed by atoms with Gasteiger partial charge in [-0.3, -0.25) is 9.69 Å². The number of hydrogen-bond acceptors (Lipinski definition) is 3. The zero-order valence-electron chi connectivity index (χ0n) is 12.1. The van der Waals surface area contributed by atoms with Gasteiger partial charge in [0, 0.05) is 24.8 Å². The number of carboxylic acids is 1. The number of ether oxygens (including phenoxy) is 1. The molecular weight excluding hydrogens is 260 g/mol. The van der Waals surface area contributed by atoms with Crippen LogP contribution < -0.4 is 15.0 Å². The molecule has 0 saturated heterocycles. The number of nitrogens with one attached hydrogen (secondary N) is 1. The Kier molecular flexibility index (Phi) is 5.37. The van der Waals surface area contributed by atoms with Crippen molar-refractivity contribution < 1.29 is 19.4 Å². The molecule has 0 aliphatic heterocycles. The third-order valence-electron chi connectivity index (χ3n) is 3.24. The molecule has 1 aromatic rings. The van der Waals surface area contributed by atoms with Crippen LogP contribution in [0.15, 0.2) is 24.3 Å². The van der Waals surface area contributed by atoms with Crippen LogP contribution in [-0.2, 0) is 4.79 Å². The number of nitrogens with zero attached hydrogens (tertiary/aromatic N) is 1. The Morgan fingerprint density at radius 3 is 2.55 bits per heavy atom. The van der Waals surface area contributed by atoms with Crippen molar-refractivity contribution in [3.63, 3.8) is 0 Å². The fourth-order valence-electron chi connectivity index (χ4n) is 1.57. The van der Waals surface area contributed by atoms with Gasteiger partial charge >= 0.3 is 12.0 Å². The highest BCUT2D eigenvalue weighted by Crippen LogP contribution is 2.20. The molecule has 1 rings (SSSR count). The molecule has 0 radical (unpaired) electrons. The van der Waals surface area contributed by atoms with Crippen LogP contribution in [0.3, 0.4) is 0 Å². The molecule has 1 aromatic carbocycles. The normalized spacial score (nSPS) is 13.2. The highest BCUT2D eigenvalue weighted by Gasteiger charge is 2.22. The summed E-state index contributed by atoms with van der Waals surface area (Å²) in [4.78, 5) is 24.3. The molecule has 2 N–H and O–H groups in total. The van der Waals surface area contributed by atoms with Crippen LogP contribution in [0.4, 0.5) is 10.5 Å². The van der Waals surface area contributed by atoms with E-state index in [0.29, 0.717) is 11.4 Å². The van der Waals surface area contributed by atoms with Crippen LogP contribution in [0.25, 0.3) is 0 Å². The lowest BCUT2D eigenvalue weighted by molar-refractivity contribution is -0.141. The van der Waals surface area contributed by atoms with Crippen LogP contribution in [0.1, 0.15) is 13.8 Å². The first-order valence-corrected chi connectivity index (χ1v) is 6.28. The molecule has 0 heterocycles. The van der Waals surface area contributed by atoms with E-state index in [1.54, 1.807) is 52.3 Å². The number of amides is 2. The van der Waals surface area contributed by atoms with Gasteiger partial charge in [0.15, 0.2) is 0 Å². The molecule has 0 fully saturated rings. The van der Waals surface area contributed by atoms with Gasteiger partial charge < -0.3 is 15.2 Å². The maximum absolute atomic E-state index is 12.1. The van der Waals surface area contributed by atoms with Crippen LogP contribution in [-0.4, -0.2) is 37.3 Å². The van der Waals surface area contributed by atoms with Gasteiger partial charge in [-0.25, -0.2) is 4.79 Å². The quantitative estimate of drug-likeness (QED) is 0.864. The molecule has 20 heavy (non-hydrogen) atoms. The molecule has 2 atom stereocenters. The third kappa shape index (κ3) is 3.88. The van der Waals surface area contributed by atoms with Gasteiger partial charge in [0.25, 0.3) is 0 Å². The van der Waals surface area contributed by atoms with Crippen molar-refractivity contribution in [2.45, 2.75) is 19.9 Å². The molecule has 0 aliphatic carbocycles. The van der Waals surface area contributed by atoms with Crippen LogP contribution in [0.2, 0.25) is 0 Å². The van der Waals surface area contributed by atoms with Gasteiger partial charge in [0.05, 0.1) is 13.0 Å². The van der Waals surface area contributed by atoms with Crippen molar-refractivity contribution in [3.8, 4) is 5.75 Å². The van der Waals surface area contributed by atoms with Crippen molar-refractivity contribution >= 4 is 17.7 Å². The Hall–Kier alpha value is -2.24. The zero-order chi connectivity index (χ0) is 15.3. The predicted octanol–water partition coefficient (Wildman–Crippen LogP) is 1.95. The van der Waals surface area contributed by atoms with Gasteiger partial charge in [-0.1, -0.05) is 6.07 Å². The average Bonchev–Trinajstić information content (AvgIpc) is 2.45. The first kappa shape index (κ1) is 15.8. The second-order valence-corrected chi connectivity index (χ2v) is 4.63. The summed E-state index contributed by atoms with van der Waals surface area (Å²) in [5.41, 5.74) is 0.664. The van der Waals surface area contributed by atoms with E-state index in [-0.39, 0.29) is 6.03 Å². The van der Waals surface area contributed by atoms with Gasteiger partial charge in [-0.2, -0.15) is 0 Å². The van der Waals surface area contributed by atoms with E-state index < -0.39 is 17.9 Å². The number of carbonyl (C=O) groups is 2. The van der Waals surface area contributed by atoms with E-state index in [2.05, 4.69) is 5.32 Å². The van der Waals surface area contributed by atoms with Crippen LogP contribution in [0.5, 0.6) is 5.75 Å². The minimum atomic E-state index is -0.943. The number of hydrogen-bond donors (Lipinski definition) is 2. The highest BCUT2D eigenvalue weighted by atomic mass is 16.5. The number of carboxylic acid groups (broad SMARTS) is 1. The maximum Gasteiger partial charge on any atom is 0.321 e. The molecule has 0 saturated carbocycles. The van der Waals surface area contributed by atoms with Crippen LogP contribution >= 0.6 is 0 Å². The van der Waals surface area contributed by atoms with Crippen molar-refractivity contribution in [1.82, 2.24) is 5.32 Å². The SMILES string of the molecule is COc1cccc(N(C)C(=O)NC(C)C(C)C(=O)O)c1. The molecule has 2 amide bonds. The van der Waals surface area contributed by atoms with E-state index in [1.165, 1.54) is 4.90 Å². The summed E-state index contributed by atoms with van der Waals surface area (Å²) >= 11 is 0. The summed E-state index contributed by atoms with van der Waals surface area (Å²) in [6.45, 7) is 3.22. The topological polar surface area (TPSA) is 78.9 Å². The fourth-order valence-corrected chi connectivity index (χ4v) is 1.57. The second-order valence-electron chi connectivity index (χ2n) is 4.63. The summed E-state index contributed by atoms with van der Waals surface area (Å²) < 4.78 is 5.10. The molecule has 0 aromatic heterocycles. The van der Waals surface area contributed by atoms with Crippen molar-refractivity contribution in [3.05, 3.63) is 24.3 Å². The van der Waals surface area contributed by atoms with E-state index >= 15 is 0 Å². The maximum atomic E-state index is 12.1.